The van der Waals surface area contributed by atoms with Crippen LogP contribution in [-0.4, -0.2) is 57.3 Å². The molecule has 3 aromatic rings. The fourth-order valence-corrected chi connectivity index (χ4v) is 3.63. The molecule has 0 amide bonds. The number of anilines is 1. The molecule has 0 saturated carbocycles. The molecule has 1 atom stereocenters. The predicted octanol–water partition coefficient (Wildman–Crippen LogP) is 2.39. The number of carboxylic acid groups (broad SMARTS) is 1. The van der Waals surface area contributed by atoms with Crippen LogP contribution in [0.25, 0.3) is 11.3 Å². The second kappa shape index (κ2) is 7.77. The molecule has 8 heteroatoms. The quantitative estimate of drug-likeness (QED) is 0.722. The van der Waals surface area contributed by atoms with Gasteiger partial charge in [-0.2, -0.15) is 0 Å². The zero-order valence-corrected chi connectivity index (χ0v) is 15.5. The molecule has 2 aromatic heterocycles. The van der Waals surface area contributed by atoms with E-state index in [1.165, 1.54) is 0 Å². The largest absolute Gasteiger partial charge is 0.480 e. The molecule has 1 aliphatic heterocycles. The molecule has 0 spiro atoms. The Hall–Kier alpha value is -3.26. The Kier molecular flexibility index (Phi) is 5.03. The second-order valence-electron chi connectivity index (χ2n) is 6.69. The van der Waals surface area contributed by atoms with Gasteiger partial charge in [0.15, 0.2) is 0 Å². The van der Waals surface area contributed by atoms with E-state index in [1.807, 2.05) is 35.2 Å². The first kappa shape index (κ1) is 18.1. The summed E-state index contributed by atoms with van der Waals surface area (Å²) in [5, 5.41) is 14.2. The van der Waals surface area contributed by atoms with E-state index in [0.717, 1.165) is 11.4 Å². The number of nitrogens with zero attached hydrogens (tertiary/aromatic N) is 5. The molecule has 4 rings (SSSR count). The van der Waals surface area contributed by atoms with E-state index in [0.29, 0.717) is 43.2 Å². The SMILES string of the molecule is Cc1onc(-c2ccccc2)c1[C@@H](C(=O)O)N1CCN(c2cnccn2)CC1. The third kappa shape index (κ3) is 3.46. The van der Waals surface area contributed by atoms with Gasteiger partial charge in [-0.1, -0.05) is 35.5 Å². The highest BCUT2D eigenvalue weighted by molar-refractivity contribution is 5.80. The standard InChI is InChI=1S/C20H21N5O3/c1-14-17(18(23-28-14)15-5-3-2-4-6-15)19(20(26)27)25-11-9-24(10-12-25)16-13-21-7-8-22-16/h2-8,13,19H,9-12H2,1H3,(H,26,27)/t19-/m0/s1. The van der Waals surface area contributed by atoms with Crippen LogP contribution in [0.2, 0.25) is 0 Å². The molecule has 0 radical (unpaired) electrons. The van der Waals surface area contributed by atoms with Crippen molar-refractivity contribution in [3.8, 4) is 11.3 Å². The minimum absolute atomic E-state index is 0.530. The van der Waals surface area contributed by atoms with Crippen LogP contribution >= 0.6 is 0 Å². The Morgan fingerprint density at radius 1 is 1.14 bits per heavy atom. The zero-order chi connectivity index (χ0) is 19.5. The highest BCUT2D eigenvalue weighted by atomic mass is 16.5. The highest BCUT2D eigenvalue weighted by Gasteiger charge is 2.36. The van der Waals surface area contributed by atoms with Gasteiger partial charge in [0.1, 0.15) is 23.3 Å². The average Bonchev–Trinajstić information content (AvgIpc) is 3.11. The van der Waals surface area contributed by atoms with Crippen LogP contribution < -0.4 is 4.90 Å². The van der Waals surface area contributed by atoms with Crippen molar-refractivity contribution in [1.29, 1.82) is 0 Å². The molecule has 1 aromatic carbocycles. The topological polar surface area (TPSA) is 95.6 Å². The molecule has 1 saturated heterocycles. The first-order chi connectivity index (χ1) is 13.6. The van der Waals surface area contributed by atoms with Crippen LogP contribution in [-0.2, 0) is 4.79 Å². The lowest BCUT2D eigenvalue weighted by molar-refractivity contribution is -0.143. The third-order valence-electron chi connectivity index (χ3n) is 5.02. The Bertz CT molecular complexity index is 937. The first-order valence-corrected chi connectivity index (χ1v) is 9.14. The predicted molar refractivity (Wildman–Crippen MR) is 103 cm³/mol. The van der Waals surface area contributed by atoms with Crippen LogP contribution in [0.3, 0.4) is 0 Å². The second-order valence-corrected chi connectivity index (χ2v) is 6.69. The Balaban J connectivity index is 1.60. The van der Waals surface area contributed by atoms with Gasteiger partial charge in [-0.3, -0.25) is 14.7 Å². The molecule has 1 fully saturated rings. The lowest BCUT2D eigenvalue weighted by Gasteiger charge is -2.38. The number of benzene rings is 1. The summed E-state index contributed by atoms with van der Waals surface area (Å²) in [4.78, 5) is 24.7. The molecule has 3 heterocycles. The molecule has 0 bridgehead atoms. The first-order valence-electron chi connectivity index (χ1n) is 9.14. The maximum absolute atomic E-state index is 12.2. The smallest absolute Gasteiger partial charge is 0.325 e. The van der Waals surface area contributed by atoms with Gasteiger partial charge in [-0.25, -0.2) is 4.98 Å². The molecule has 8 nitrogen and oxygen atoms in total. The number of hydrogen-bond donors (Lipinski definition) is 1. The number of aryl methyl sites for hydroxylation is 1. The monoisotopic (exact) mass is 379 g/mol. The maximum atomic E-state index is 12.2. The molecule has 144 valence electrons. The van der Waals surface area contributed by atoms with Gasteiger partial charge in [0, 0.05) is 44.1 Å². The maximum Gasteiger partial charge on any atom is 0.325 e. The summed E-state index contributed by atoms with van der Waals surface area (Å²) in [6, 6.07) is 8.72. The van der Waals surface area contributed by atoms with Crippen molar-refractivity contribution < 1.29 is 14.4 Å². The van der Waals surface area contributed by atoms with Gasteiger partial charge < -0.3 is 14.5 Å². The van der Waals surface area contributed by atoms with Crippen LogP contribution in [0, 0.1) is 6.92 Å². The van der Waals surface area contributed by atoms with Gasteiger partial charge in [0.25, 0.3) is 0 Å². The van der Waals surface area contributed by atoms with E-state index < -0.39 is 12.0 Å². The average molecular weight is 379 g/mol. The van der Waals surface area contributed by atoms with Gasteiger partial charge in [0.05, 0.1) is 11.8 Å². The fourth-order valence-electron chi connectivity index (χ4n) is 3.63. The summed E-state index contributed by atoms with van der Waals surface area (Å²) in [5.41, 5.74) is 2.05. The van der Waals surface area contributed by atoms with Crippen molar-refractivity contribution in [1.82, 2.24) is 20.0 Å². The number of hydrogen-bond acceptors (Lipinski definition) is 7. The number of carbonyl (C=O) groups is 1. The van der Waals surface area contributed by atoms with Gasteiger partial charge in [-0.15, -0.1) is 0 Å². The van der Waals surface area contributed by atoms with Crippen molar-refractivity contribution in [3.63, 3.8) is 0 Å². The molecule has 0 aliphatic carbocycles. The van der Waals surface area contributed by atoms with E-state index in [-0.39, 0.29) is 0 Å². The molecular formula is C20H21N5O3. The highest BCUT2D eigenvalue weighted by Crippen LogP contribution is 2.34. The van der Waals surface area contributed by atoms with Crippen LogP contribution in [0.15, 0.2) is 53.4 Å². The number of aromatic nitrogens is 3. The zero-order valence-electron chi connectivity index (χ0n) is 15.5. The minimum atomic E-state index is -0.906. The minimum Gasteiger partial charge on any atom is -0.480 e. The van der Waals surface area contributed by atoms with Crippen LogP contribution in [0.1, 0.15) is 17.4 Å². The summed E-state index contributed by atoms with van der Waals surface area (Å²) < 4.78 is 5.39. The van der Waals surface area contributed by atoms with Crippen molar-refractivity contribution >= 4 is 11.8 Å². The molecule has 1 N–H and O–H groups in total. The summed E-state index contributed by atoms with van der Waals surface area (Å²) >= 11 is 0. The van der Waals surface area contributed by atoms with E-state index >= 15 is 0 Å². The van der Waals surface area contributed by atoms with Gasteiger partial charge in [-0.05, 0) is 6.92 Å². The van der Waals surface area contributed by atoms with E-state index in [4.69, 9.17) is 4.52 Å². The van der Waals surface area contributed by atoms with Crippen LogP contribution in [0.4, 0.5) is 5.82 Å². The van der Waals surface area contributed by atoms with Crippen molar-refractivity contribution in [2.75, 3.05) is 31.1 Å². The Labute approximate surface area is 162 Å². The molecule has 0 unspecified atom stereocenters. The van der Waals surface area contributed by atoms with E-state index in [1.54, 1.807) is 25.5 Å². The van der Waals surface area contributed by atoms with Crippen LogP contribution in [0.5, 0.6) is 0 Å². The molecular weight excluding hydrogens is 358 g/mol. The lowest BCUT2D eigenvalue weighted by Crippen LogP contribution is -2.49. The number of aliphatic carboxylic acids is 1. The summed E-state index contributed by atoms with van der Waals surface area (Å²) in [6.07, 6.45) is 5.02. The van der Waals surface area contributed by atoms with Gasteiger partial charge >= 0.3 is 5.97 Å². The number of carboxylic acids is 1. The Morgan fingerprint density at radius 3 is 2.54 bits per heavy atom. The lowest BCUT2D eigenvalue weighted by atomic mass is 9.98. The van der Waals surface area contributed by atoms with E-state index in [9.17, 15) is 9.90 Å². The normalized spacial score (nSPS) is 16.1. The van der Waals surface area contributed by atoms with Crippen molar-refractivity contribution in [2.24, 2.45) is 0 Å². The molecule has 1 aliphatic rings. The van der Waals surface area contributed by atoms with Gasteiger partial charge in [0.2, 0.25) is 0 Å². The summed E-state index contributed by atoms with van der Waals surface area (Å²) in [7, 11) is 0. The van der Waals surface area contributed by atoms with Crippen molar-refractivity contribution in [3.05, 3.63) is 60.2 Å². The Morgan fingerprint density at radius 2 is 1.89 bits per heavy atom. The fraction of sp³-hybridized carbons (Fsp3) is 0.300. The van der Waals surface area contributed by atoms with Crippen molar-refractivity contribution in [2.45, 2.75) is 13.0 Å². The number of piperazine rings is 1. The third-order valence-corrected chi connectivity index (χ3v) is 5.02. The summed E-state index contributed by atoms with van der Waals surface area (Å²) in [6.45, 7) is 4.29. The summed E-state index contributed by atoms with van der Waals surface area (Å²) in [5.74, 6) is 0.430. The molecule has 28 heavy (non-hydrogen) atoms. The number of rotatable bonds is 5. The van der Waals surface area contributed by atoms with E-state index in [2.05, 4.69) is 20.0 Å².